The molecule has 0 saturated heterocycles. The van der Waals surface area contributed by atoms with Crippen LogP contribution in [0.5, 0.6) is 0 Å². The minimum Gasteiger partial charge on any atom is -0.396 e. The van der Waals surface area contributed by atoms with Crippen LogP contribution in [0.15, 0.2) is 22.7 Å². The highest BCUT2D eigenvalue weighted by Crippen LogP contribution is 2.68. The summed E-state index contributed by atoms with van der Waals surface area (Å²) in [4.78, 5) is 12.2. The molecule has 3 saturated carbocycles. The molecule has 144 valence electrons. The molecule has 0 aromatic heterocycles. The monoisotopic (exact) mass is 361 g/mol. The number of hydrogen-bond donors (Lipinski definition) is 2. The summed E-state index contributed by atoms with van der Waals surface area (Å²) in [6.07, 6.45) is 6.22. The third-order valence-corrected chi connectivity index (χ3v) is 8.77. The Kier molecular flexibility index (Phi) is 4.15. The molecule has 0 spiro atoms. The van der Waals surface area contributed by atoms with Crippen molar-refractivity contribution in [3.8, 4) is 0 Å². The first-order valence-electron chi connectivity index (χ1n) is 10.2. The van der Waals surface area contributed by atoms with E-state index in [2.05, 4.69) is 20.8 Å². The largest absolute Gasteiger partial charge is 0.396 e. The fourth-order valence-corrected chi connectivity index (χ4v) is 7.43. The van der Waals surface area contributed by atoms with Crippen LogP contribution in [0.3, 0.4) is 0 Å². The average Bonchev–Trinajstić information content (AvgIpc) is 2.97. The summed E-state index contributed by atoms with van der Waals surface area (Å²) in [6.45, 7) is 6.38. The second-order valence-electron chi connectivity index (χ2n) is 9.74. The van der Waals surface area contributed by atoms with Crippen molar-refractivity contribution in [3.05, 3.63) is 22.7 Å². The molecule has 3 N–H and O–H groups in total. The van der Waals surface area contributed by atoms with Gasteiger partial charge in [-0.25, -0.2) is 4.39 Å². The summed E-state index contributed by atoms with van der Waals surface area (Å²) >= 11 is 0. The van der Waals surface area contributed by atoms with Crippen LogP contribution in [-0.2, 0) is 4.79 Å². The van der Waals surface area contributed by atoms with Gasteiger partial charge in [-0.3, -0.25) is 4.79 Å². The minimum absolute atomic E-state index is 0.0263. The van der Waals surface area contributed by atoms with E-state index in [4.69, 9.17) is 5.73 Å². The van der Waals surface area contributed by atoms with E-state index in [1.165, 1.54) is 5.57 Å². The number of carbonyl (C=O) groups excluding carboxylic acids is 1. The van der Waals surface area contributed by atoms with Crippen LogP contribution in [0.4, 0.5) is 4.39 Å². The Morgan fingerprint density at radius 3 is 2.58 bits per heavy atom. The van der Waals surface area contributed by atoms with Gasteiger partial charge in [0, 0.05) is 6.42 Å². The molecule has 26 heavy (non-hydrogen) atoms. The molecule has 0 radical (unpaired) electrons. The lowest BCUT2D eigenvalue weighted by Gasteiger charge is -2.59. The molecule has 0 aliphatic heterocycles. The standard InChI is InChI=1S/C22H32FNO2/c1-12-10-16-20(24)18(26)7-9-22(16,3)15-6-8-21(2)13(17(23)11-25)4-5-14(21)19(12)15/h12,14-15,19,25H,4-11,24H2,1-3H3/t12-,14+,15+,19+,21-,22-/m1/s1. The van der Waals surface area contributed by atoms with Gasteiger partial charge < -0.3 is 10.8 Å². The van der Waals surface area contributed by atoms with Crippen LogP contribution in [0.25, 0.3) is 0 Å². The van der Waals surface area contributed by atoms with E-state index in [1.807, 2.05) is 0 Å². The Morgan fingerprint density at radius 2 is 1.88 bits per heavy atom. The van der Waals surface area contributed by atoms with Crippen LogP contribution < -0.4 is 5.73 Å². The summed E-state index contributed by atoms with van der Waals surface area (Å²) < 4.78 is 14.4. The first-order valence-corrected chi connectivity index (χ1v) is 10.2. The molecule has 0 bridgehead atoms. The lowest BCUT2D eigenvalue weighted by atomic mass is 9.45. The van der Waals surface area contributed by atoms with Gasteiger partial charge in [0.25, 0.3) is 0 Å². The summed E-state index contributed by atoms with van der Waals surface area (Å²) in [6, 6.07) is 0. The van der Waals surface area contributed by atoms with Crippen LogP contribution in [0.2, 0.25) is 0 Å². The second kappa shape index (κ2) is 5.92. The third-order valence-electron chi connectivity index (χ3n) is 8.77. The fourth-order valence-electron chi connectivity index (χ4n) is 7.43. The van der Waals surface area contributed by atoms with Gasteiger partial charge in [0.05, 0.1) is 12.3 Å². The molecular weight excluding hydrogens is 329 g/mol. The van der Waals surface area contributed by atoms with E-state index >= 15 is 0 Å². The number of hydrogen-bond acceptors (Lipinski definition) is 3. The van der Waals surface area contributed by atoms with Crippen LogP contribution in [0, 0.1) is 34.5 Å². The van der Waals surface area contributed by atoms with E-state index in [0.717, 1.165) is 44.1 Å². The molecule has 3 fully saturated rings. The number of allylic oxidation sites excluding steroid dienone is 2. The molecule has 6 atom stereocenters. The van der Waals surface area contributed by atoms with Crippen molar-refractivity contribution >= 4 is 5.78 Å². The number of nitrogens with two attached hydrogens (primary N) is 1. The topological polar surface area (TPSA) is 63.3 Å². The number of aliphatic hydroxyl groups is 1. The van der Waals surface area contributed by atoms with Crippen molar-refractivity contribution in [2.45, 2.75) is 65.7 Å². The van der Waals surface area contributed by atoms with Crippen LogP contribution in [0.1, 0.15) is 65.7 Å². The molecule has 0 heterocycles. The number of carbonyl (C=O) groups is 1. The Morgan fingerprint density at radius 1 is 1.19 bits per heavy atom. The summed E-state index contributed by atoms with van der Waals surface area (Å²) in [5.41, 5.74) is 8.79. The maximum Gasteiger partial charge on any atom is 0.178 e. The lowest BCUT2D eigenvalue weighted by molar-refractivity contribution is -0.119. The van der Waals surface area contributed by atoms with E-state index < -0.39 is 6.61 Å². The van der Waals surface area contributed by atoms with Gasteiger partial charge >= 0.3 is 0 Å². The van der Waals surface area contributed by atoms with Gasteiger partial charge in [-0.1, -0.05) is 20.8 Å². The van der Waals surface area contributed by atoms with Gasteiger partial charge in [0.1, 0.15) is 5.83 Å². The molecule has 0 aromatic rings. The van der Waals surface area contributed by atoms with Gasteiger partial charge in [0.2, 0.25) is 0 Å². The number of fused-ring (bicyclic) bond motifs is 5. The van der Waals surface area contributed by atoms with Gasteiger partial charge in [-0.05, 0) is 84.2 Å². The van der Waals surface area contributed by atoms with E-state index in [9.17, 15) is 14.3 Å². The number of ketones is 1. The average molecular weight is 362 g/mol. The molecule has 3 nitrogen and oxygen atoms in total. The minimum atomic E-state index is -0.468. The molecule has 0 amide bonds. The SMILES string of the molecule is C[C@@H]1CC2=C(N)C(=O)CC[C@]2(C)[C@H]2CC[C@]3(C)C(=C(F)CO)CC[C@H]3[C@H]12. The Hall–Kier alpha value is -1.16. The van der Waals surface area contributed by atoms with Crippen LogP contribution >= 0.6 is 0 Å². The van der Waals surface area contributed by atoms with Crippen molar-refractivity contribution < 1.29 is 14.3 Å². The molecule has 4 aliphatic carbocycles. The maximum atomic E-state index is 14.4. The predicted molar refractivity (Wildman–Crippen MR) is 99.6 cm³/mol. The van der Waals surface area contributed by atoms with Gasteiger partial charge in [-0.2, -0.15) is 0 Å². The zero-order valence-corrected chi connectivity index (χ0v) is 16.3. The third kappa shape index (κ3) is 2.23. The highest BCUT2D eigenvalue weighted by Gasteiger charge is 2.60. The molecule has 0 aromatic carbocycles. The van der Waals surface area contributed by atoms with Crippen LogP contribution in [-0.4, -0.2) is 17.5 Å². The quantitative estimate of drug-likeness (QED) is 0.733. The van der Waals surface area contributed by atoms with E-state index in [1.54, 1.807) is 0 Å². The molecule has 4 rings (SSSR count). The van der Waals surface area contributed by atoms with E-state index in [0.29, 0.717) is 35.8 Å². The van der Waals surface area contributed by atoms with Crippen molar-refractivity contribution in [1.29, 1.82) is 0 Å². The number of halogens is 1. The summed E-state index contributed by atoms with van der Waals surface area (Å²) in [7, 11) is 0. The highest BCUT2D eigenvalue weighted by molar-refractivity contribution is 5.96. The molecule has 4 heteroatoms. The predicted octanol–water partition coefficient (Wildman–Crippen LogP) is 4.27. The summed E-state index contributed by atoms with van der Waals surface area (Å²) in [5.74, 6) is 1.85. The fraction of sp³-hybridized carbons (Fsp3) is 0.773. The zero-order valence-electron chi connectivity index (χ0n) is 16.3. The highest BCUT2D eigenvalue weighted by atomic mass is 19.1. The zero-order chi connectivity index (χ0) is 18.9. The maximum absolute atomic E-state index is 14.4. The van der Waals surface area contributed by atoms with Crippen molar-refractivity contribution in [3.63, 3.8) is 0 Å². The second-order valence-corrected chi connectivity index (χ2v) is 9.74. The van der Waals surface area contributed by atoms with Crippen molar-refractivity contribution in [2.24, 2.45) is 40.2 Å². The van der Waals surface area contributed by atoms with Gasteiger partial charge in [-0.15, -0.1) is 0 Å². The van der Waals surface area contributed by atoms with Gasteiger partial charge in [0.15, 0.2) is 5.78 Å². The molecular formula is C22H32FNO2. The Bertz CT molecular complexity index is 711. The smallest absolute Gasteiger partial charge is 0.178 e. The molecule has 4 aliphatic rings. The first kappa shape index (κ1) is 18.2. The number of rotatable bonds is 1. The van der Waals surface area contributed by atoms with Crippen molar-refractivity contribution in [1.82, 2.24) is 0 Å². The van der Waals surface area contributed by atoms with Crippen molar-refractivity contribution in [2.75, 3.05) is 6.61 Å². The Labute approximate surface area is 155 Å². The summed E-state index contributed by atoms with van der Waals surface area (Å²) in [5, 5.41) is 9.35. The van der Waals surface area contributed by atoms with E-state index in [-0.39, 0.29) is 22.4 Å². The number of Topliss-reactive ketones (excluding diaryl/α,β-unsaturated/α-hetero) is 1. The number of aliphatic hydroxyl groups excluding tert-OH is 1. The molecule has 0 unspecified atom stereocenters. The lowest BCUT2D eigenvalue weighted by Crippen LogP contribution is -2.53. The normalized spacial score (nSPS) is 47.3. The Balaban J connectivity index is 1.76. The first-order chi connectivity index (χ1) is 12.2.